The van der Waals surface area contributed by atoms with Crippen LogP contribution in [0.3, 0.4) is 0 Å². The number of carbonyl (C=O) groups is 3. The fourth-order valence-electron chi connectivity index (χ4n) is 5.67. The van der Waals surface area contributed by atoms with E-state index in [0.717, 1.165) is 22.8 Å². The van der Waals surface area contributed by atoms with Crippen LogP contribution in [0.1, 0.15) is 57.6 Å². The van der Waals surface area contributed by atoms with E-state index in [1.165, 1.54) is 30.7 Å². The van der Waals surface area contributed by atoms with Crippen LogP contribution in [0.25, 0.3) is 43.9 Å². The minimum atomic E-state index is -1.53. The van der Waals surface area contributed by atoms with Gasteiger partial charge in [-0.25, -0.2) is 28.1 Å². The number of rotatable bonds is 5. The van der Waals surface area contributed by atoms with Gasteiger partial charge in [-0.3, -0.25) is 14.9 Å². The molecule has 0 radical (unpaired) electrons. The highest BCUT2D eigenvalue weighted by Gasteiger charge is 2.30. The summed E-state index contributed by atoms with van der Waals surface area (Å²) in [6.07, 6.45) is 0.292. The molecular weight excluding hydrogens is 672 g/mol. The van der Waals surface area contributed by atoms with Crippen molar-refractivity contribution in [1.29, 1.82) is 0 Å². The Labute approximate surface area is 286 Å². The molecule has 51 heavy (non-hydrogen) atoms. The topological polar surface area (TPSA) is 188 Å². The maximum absolute atomic E-state index is 16.0. The summed E-state index contributed by atoms with van der Waals surface area (Å²) in [6.45, 7) is 8.84. The van der Waals surface area contributed by atoms with Crippen molar-refractivity contribution in [2.45, 2.75) is 59.3 Å². The molecule has 1 amide bonds. The molecule has 0 atom stereocenters. The van der Waals surface area contributed by atoms with Crippen LogP contribution in [0.5, 0.6) is 0 Å². The molecular formula is C35H31F2N5O9. The molecule has 14 nitrogen and oxygen atoms in total. The number of hydrogen-bond donors (Lipinski definition) is 3. The molecule has 6 aromatic rings. The fourth-order valence-corrected chi connectivity index (χ4v) is 5.67. The Hall–Kier alpha value is -6.32. The number of carboxylic acids is 1. The third kappa shape index (κ3) is 6.42. The van der Waals surface area contributed by atoms with E-state index < -0.39 is 70.3 Å². The van der Waals surface area contributed by atoms with Gasteiger partial charge < -0.3 is 28.5 Å². The Balaban J connectivity index is 1.59. The molecule has 0 saturated heterocycles. The zero-order chi connectivity index (χ0) is 37.2. The number of H-pyrrole nitrogens is 1. The van der Waals surface area contributed by atoms with Gasteiger partial charge in [0.15, 0.2) is 0 Å². The highest BCUT2D eigenvalue weighted by molar-refractivity contribution is 6.17. The number of furan rings is 1. The molecule has 0 saturated carbocycles. The van der Waals surface area contributed by atoms with Gasteiger partial charge in [0.05, 0.1) is 45.6 Å². The Kier molecular flexibility index (Phi) is 8.28. The van der Waals surface area contributed by atoms with Crippen LogP contribution in [0.2, 0.25) is 0 Å². The second-order valence-electron chi connectivity index (χ2n) is 13.6. The lowest BCUT2D eigenvalue weighted by molar-refractivity contribution is 0.0532. The molecule has 0 aliphatic carbocycles. The third-order valence-electron chi connectivity index (χ3n) is 7.56. The molecule has 4 heterocycles. The number of carboxylic acid groups (broad SMARTS) is 1. The summed E-state index contributed by atoms with van der Waals surface area (Å²) < 4.78 is 49.1. The molecule has 0 bridgehead atoms. The van der Waals surface area contributed by atoms with E-state index in [9.17, 15) is 29.1 Å². The number of benzene rings is 2. The molecule has 264 valence electrons. The summed E-state index contributed by atoms with van der Waals surface area (Å²) in [7, 11) is 0. The largest absolute Gasteiger partial charge is 0.477 e. The Morgan fingerprint density at radius 3 is 2.33 bits per heavy atom. The van der Waals surface area contributed by atoms with Crippen LogP contribution in [-0.2, 0) is 16.0 Å². The second-order valence-corrected chi connectivity index (χ2v) is 13.6. The second kappa shape index (κ2) is 12.2. The Morgan fingerprint density at radius 1 is 0.980 bits per heavy atom. The van der Waals surface area contributed by atoms with Crippen molar-refractivity contribution in [3.8, 4) is 11.1 Å². The molecule has 4 aromatic heterocycles. The number of nitrogens with zero attached hydrogens (tertiary/aromatic N) is 3. The van der Waals surface area contributed by atoms with E-state index in [0.29, 0.717) is 4.57 Å². The summed E-state index contributed by atoms with van der Waals surface area (Å²) >= 11 is 0. The van der Waals surface area contributed by atoms with E-state index in [4.69, 9.17) is 13.9 Å². The van der Waals surface area contributed by atoms with Gasteiger partial charge in [0.25, 0.3) is 11.1 Å². The standard InChI is InChI=1S/C35H31F2N5O9/c1-34(2,3)50-32(47)40-31-39-22-13-20(36)16(12-19(22)29(44)42(31)33(48)51-35(4,5)6)15-41-23-14-21(37)17-9-11-49-27(17)25(23)24(26(41)30(45)46)18-8-7-10-38-28(18)43/h7-14H,15H2,1-6H3,(H,38,43)(H,45,46)(H,39,40,47). The summed E-state index contributed by atoms with van der Waals surface area (Å²) in [5, 5.41) is 12.6. The van der Waals surface area contributed by atoms with Gasteiger partial charge >= 0.3 is 18.2 Å². The van der Waals surface area contributed by atoms with Gasteiger partial charge in [0.2, 0.25) is 5.95 Å². The Bertz CT molecular complexity index is 2550. The highest BCUT2D eigenvalue weighted by atomic mass is 19.1. The number of amides is 1. The quantitative estimate of drug-likeness (QED) is 0.176. The van der Waals surface area contributed by atoms with Crippen LogP contribution in [0, 0.1) is 11.6 Å². The first-order valence-corrected chi connectivity index (χ1v) is 15.5. The smallest absolute Gasteiger partial charge is 0.424 e. The normalized spacial score (nSPS) is 12.1. The van der Waals surface area contributed by atoms with Crippen molar-refractivity contribution in [1.82, 2.24) is 19.1 Å². The minimum Gasteiger partial charge on any atom is -0.477 e. The zero-order valence-electron chi connectivity index (χ0n) is 28.1. The van der Waals surface area contributed by atoms with Gasteiger partial charge in [-0.1, -0.05) is 0 Å². The lowest BCUT2D eigenvalue weighted by Gasteiger charge is -2.22. The number of aromatic nitrogens is 4. The summed E-state index contributed by atoms with van der Waals surface area (Å²) in [5.74, 6) is -3.88. The van der Waals surface area contributed by atoms with Gasteiger partial charge in [-0.2, -0.15) is 4.57 Å². The zero-order valence-corrected chi connectivity index (χ0v) is 28.1. The molecule has 6 rings (SSSR count). The van der Waals surface area contributed by atoms with Crippen LogP contribution >= 0.6 is 0 Å². The van der Waals surface area contributed by atoms with Gasteiger partial charge in [-0.15, -0.1) is 0 Å². The number of carbonyl (C=O) groups excluding carboxylic acids is 2. The first-order valence-electron chi connectivity index (χ1n) is 15.5. The number of aromatic amines is 1. The van der Waals surface area contributed by atoms with E-state index in [1.54, 1.807) is 41.5 Å². The molecule has 3 N–H and O–H groups in total. The first-order chi connectivity index (χ1) is 23.8. The maximum Gasteiger partial charge on any atom is 0.424 e. The maximum atomic E-state index is 16.0. The SMILES string of the molecule is CC(C)(C)OC(=O)Nc1nc2cc(F)c(Cn3c(C(=O)O)c(-c4ccc[nH]c4=O)c4c5occc5c(F)cc43)cc2c(=O)n1C(=O)OC(C)(C)C. The van der Waals surface area contributed by atoms with Crippen molar-refractivity contribution < 1.29 is 42.2 Å². The number of nitrogens with one attached hydrogen (secondary N) is 2. The molecule has 0 unspecified atom stereocenters. The number of hydrogen-bond acceptors (Lipinski definition) is 9. The van der Waals surface area contributed by atoms with Crippen LogP contribution < -0.4 is 16.4 Å². The third-order valence-corrected chi connectivity index (χ3v) is 7.56. The van der Waals surface area contributed by atoms with Gasteiger partial charge in [0.1, 0.15) is 34.1 Å². The molecule has 0 aliphatic heterocycles. The highest BCUT2D eigenvalue weighted by Crippen LogP contribution is 2.40. The number of fused-ring (bicyclic) bond motifs is 4. The predicted octanol–water partition coefficient (Wildman–Crippen LogP) is 6.61. The summed E-state index contributed by atoms with van der Waals surface area (Å²) in [6, 6.07) is 7.18. The summed E-state index contributed by atoms with van der Waals surface area (Å²) in [5.41, 5.74) is -5.06. The molecule has 0 aliphatic rings. The number of pyridine rings is 1. The number of anilines is 1. The lowest BCUT2D eigenvalue weighted by Crippen LogP contribution is -2.37. The van der Waals surface area contributed by atoms with E-state index in [1.807, 2.05) is 0 Å². The van der Waals surface area contributed by atoms with Gasteiger partial charge in [0, 0.05) is 23.4 Å². The first kappa shape index (κ1) is 34.5. The van der Waals surface area contributed by atoms with E-state index >= 15 is 8.78 Å². The van der Waals surface area contributed by atoms with Crippen LogP contribution in [-0.4, -0.2) is 53.6 Å². The fraction of sp³-hybridized carbons (Fsp3) is 0.257. The number of ether oxygens (including phenoxy) is 2. The van der Waals surface area contributed by atoms with Crippen molar-refractivity contribution in [2.24, 2.45) is 0 Å². The predicted molar refractivity (Wildman–Crippen MR) is 181 cm³/mol. The number of halogens is 2. The van der Waals surface area contributed by atoms with Crippen molar-refractivity contribution in [3.63, 3.8) is 0 Å². The van der Waals surface area contributed by atoms with Crippen molar-refractivity contribution in [2.75, 3.05) is 5.32 Å². The van der Waals surface area contributed by atoms with Crippen LogP contribution in [0.15, 0.2) is 62.9 Å². The average molecular weight is 704 g/mol. The average Bonchev–Trinajstić information content (AvgIpc) is 3.60. The van der Waals surface area contributed by atoms with Crippen molar-refractivity contribution in [3.05, 3.63) is 92.5 Å². The van der Waals surface area contributed by atoms with Crippen LogP contribution in [0.4, 0.5) is 24.3 Å². The summed E-state index contributed by atoms with van der Waals surface area (Å²) in [4.78, 5) is 72.5. The molecule has 0 fully saturated rings. The van der Waals surface area contributed by atoms with E-state index in [-0.39, 0.29) is 49.5 Å². The number of aromatic carboxylic acids is 1. The molecule has 16 heteroatoms. The minimum absolute atomic E-state index is 0.0200. The molecule has 2 aromatic carbocycles. The lowest BCUT2D eigenvalue weighted by atomic mass is 10.0. The van der Waals surface area contributed by atoms with E-state index in [2.05, 4.69) is 15.3 Å². The molecule has 0 spiro atoms. The van der Waals surface area contributed by atoms with Gasteiger partial charge in [-0.05, 0) is 71.9 Å². The Morgan fingerprint density at radius 2 is 1.69 bits per heavy atom. The van der Waals surface area contributed by atoms with Crippen molar-refractivity contribution >= 4 is 56.9 Å². The monoisotopic (exact) mass is 703 g/mol.